The fourth-order valence-corrected chi connectivity index (χ4v) is 4.14. The summed E-state index contributed by atoms with van der Waals surface area (Å²) in [6.45, 7) is 2.43. The van der Waals surface area contributed by atoms with Crippen molar-refractivity contribution in [3.8, 4) is 0 Å². The van der Waals surface area contributed by atoms with Gasteiger partial charge in [-0.3, -0.25) is 4.79 Å². The first-order valence-electron chi connectivity index (χ1n) is 7.93. The van der Waals surface area contributed by atoms with E-state index < -0.39 is 27.8 Å². The summed E-state index contributed by atoms with van der Waals surface area (Å²) in [6, 6.07) is 5.39. The third-order valence-corrected chi connectivity index (χ3v) is 6.10. The summed E-state index contributed by atoms with van der Waals surface area (Å²) >= 11 is 5.74. The molecule has 138 valence electrons. The van der Waals surface area contributed by atoms with Gasteiger partial charge >= 0.3 is 12.0 Å². The van der Waals surface area contributed by atoms with Crippen molar-refractivity contribution in [2.45, 2.75) is 18.2 Å². The molecule has 2 amide bonds. The van der Waals surface area contributed by atoms with Crippen LogP contribution >= 0.6 is 11.6 Å². The molecule has 2 atom stereocenters. The van der Waals surface area contributed by atoms with Gasteiger partial charge in [0, 0.05) is 24.7 Å². The number of carbonyl (C=O) groups is 2. The number of sulfone groups is 1. The normalized spacial score (nSPS) is 21.0. The van der Waals surface area contributed by atoms with Gasteiger partial charge in [-0.15, -0.1) is 0 Å². The van der Waals surface area contributed by atoms with E-state index in [2.05, 4.69) is 5.32 Å². The van der Waals surface area contributed by atoms with Crippen molar-refractivity contribution >= 4 is 33.4 Å². The lowest BCUT2D eigenvalue weighted by Gasteiger charge is -2.34. The van der Waals surface area contributed by atoms with Crippen LogP contribution in [0.3, 0.4) is 0 Å². The summed E-state index contributed by atoms with van der Waals surface area (Å²) < 4.78 is 24.4. The number of aliphatic carboxylic acids is 1. The smallest absolute Gasteiger partial charge is 0.317 e. The van der Waals surface area contributed by atoms with Crippen molar-refractivity contribution in [1.82, 2.24) is 10.2 Å². The van der Waals surface area contributed by atoms with Crippen LogP contribution in [-0.2, 0) is 14.6 Å². The van der Waals surface area contributed by atoms with E-state index in [1.54, 1.807) is 0 Å². The molecule has 1 aromatic rings. The van der Waals surface area contributed by atoms with Gasteiger partial charge in [-0.25, -0.2) is 13.2 Å². The van der Waals surface area contributed by atoms with Crippen molar-refractivity contribution in [3.05, 3.63) is 29.3 Å². The molecule has 0 spiro atoms. The number of rotatable bonds is 5. The first-order valence-corrected chi connectivity index (χ1v) is 9.96. The minimum atomic E-state index is -3.52. The van der Waals surface area contributed by atoms with Crippen LogP contribution in [0, 0.1) is 11.8 Å². The molecule has 9 heteroatoms. The predicted molar refractivity (Wildman–Crippen MR) is 93.4 cm³/mol. The SMILES string of the molecule is CC1CC(C(=O)O)CN(C(=O)NCCS(=O)(=O)c2ccc(Cl)cc2)C1. The highest BCUT2D eigenvalue weighted by atomic mass is 35.5. The minimum absolute atomic E-state index is 0.0492. The fraction of sp³-hybridized carbons (Fsp3) is 0.500. The van der Waals surface area contributed by atoms with Gasteiger partial charge in [-0.05, 0) is 36.6 Å². The number of amides is 2. The second-order valence-corrected chi connectivity index (χ2v) is 8.83. The summed E-state index contributed by atoms with van der Waals surface area (Å²) in [5, 5.41) is 12.1. The van der Waals surface area contributed by atoms with Crippen LogP contribution in [0.1, 0.15) is 13.3 Å². The van der Waals surface area contributed by atoms with Crippen molar-refractivity contribution < 1.29 is 23.1 Å². The maximum atomic E-state index is 12.2. The minimum Gasteiger partial charge on any atom is -0.481 e. The molecule has 0 aromatic heterocycles. The first-order chi connectivity index (χ1) is 11.7. The van der Waals surface area contributed by atoms with E-state index in [9.17, 15) is 18.0 Å². The van der Waals surface area contributed by atoms with Gasteiger partial charge in [0.2, 0.25) is 0 Å². The predicted octanol–water partition coefficient (Wildman–Crippen LogP) is 1.87. The zero-order chi connectivity index (χ0) is 18.6. The molecule has 1 heterocycles. The Morgan fingerprint density at radius 1 is 1.28 bits per heavy atom. The Morgan fingerprint density at radius 3 is 2.52 bits per heavy atom. The molecule has 7 nitrogen and oxygen atoms in total. The van der Waals surface area contributed by atoms with Crippen LogP contribution in [0.5, 0.6) is 0 Å². The highest BCUT2D eigenvalue weighted by Gasteiger charge is 2.31. The highest BCUT2D eigenvalue weighted by molar-refractivity contribution is 7.91. The molecule has 1 aliphatic rings. The van der Waals surface area contributed by atoms with Crippen LogP contribution < -0.4 is 5.32 Å². The van der Waals surface area contributed by atoms with E-state index in [-0.39, 0.29) is 29.7 Å². The number of carboxylic acid groups (broad SMARTS) is 1. The number of nitrogens with zero attached hydrogens (tertiary/aromatic N) is 1. The number of hydrogen-bond acceptors (Lipinski definition) is 4. The maximum Gasteiger partial charge on any atom is 0.317 e. The van der Waals surface area contributed by atoms with Crippen LogP contribution in [0.4, 0.5) is 4.79 Å². The quantitative estimate of drug-likeness (QED) is 0.801. The number of urea groups is 1. The zero-order valence-corrected chi connectivity index (χ0v) is 15.4. The maximum absolute atomic E-state index is 12.2. The van der Waals surface area contributed by atoms with Gasteiger partial charge in [-0.2, -0.15) is 0 Å². The second-order valence-electron chi connectivity index (χ2n) is 6.29. The number of nitrogens with one attached hydrogen (secondary N) is 1. The molecule has 2 unspecified atom stereocenters. The Labute approximate surface area is 151 Å². The largest absolute Gasteiger partial charge is 0.481 e. The molecule has 1 aliphatic heterocycles. The van der Waals surface area contributed by atoms with Gasteiger partial charge in [0.15, 0.2) is 9.84 Å². The molecule has 0 bridgehead atoms. The van der Waals surface area contributed by atoms with E-state index in [0.717, 1.165) is 0 Å². The van der Waals surface area contributed by atoms with Gasteiger partial charge in [-0.1, -0.05) is 18.5 Å². The molecular weight excluding hydrogens is 368 g/mol. The number of halogens is 1. The number of hydrogen-bond donors (Lipinski definition) is 2. The lowest BCUT2D eigenvalue weighted by atomic mass is 9.91. The third kappa shape index (κ3) is 5.34. The standard InChI is InChI=1S/C16H21ClN2O5S/c1-11-8-12(15(20)21)10-19(9-11)16(22)18-6-7-25(23,24)14-4-2-13(17)3-5-14/h2-5,11-12H,6-10H2,1H3,(H,18,22)(H,20,21). The molecule has 1 saturated heterocycles. The summed E-state index contributed by atoms with van der Waals surface area (Å²) in [7, 11) is -3.52. The fourth-order valence-electron chi connectivity index (χ4n) is 2.86. The first kappa shape index (κ1) is 19.5. The van der Waals surface area contributed by atoms with Crippen molar-refractivity contribution in [2.24, 2.45) is 11.8 Å². The molecule has 1 aromatic carbocycles. The lowest BCUT2D eigenvalue weighted by molar-refractivity contribution is -0.143. The summed E-state index contributed by atoms with van der Waals surface area (Å²) in [6.07, 6.45) is 0.532. The number of piperidine rings is 1. The van der Waals surface area contributed by atoms with E-state index in [1.165, 1.54) is 29.2 Å². The molecule has 25 heavy (non-hydrogen) atoms. The Bertz CT molecular complexity index is 735. The van der Waals surface area contributed by atoms with Crippen LogP contribution in [0.15, 0.2) is 29.2 Å². The Morgan fingerprint density at radius 2 is 1.92 bits per heavy atom. The Kier molecular flexibility index (Phi) is 6.29. The van der Waals surface area contributed by atoms with Gasteiger partial charge in [0.1, 0.15) is 0 Å². The van der Waals surface area contributed by atoms with E-state index in [4.69, 9.17) is 16.7 Å². The van der Waals surface area contributed by atoms with Crippen molar-refractivity contribution in [2.75, 3.05) is 25.4 Å². The van der Waals surface area contributed by atoms with E-state index in [1.807, 2.05) is 6.92 Å². The monoisotopic (exact) mass is 388 g/mol. The molecule has 1 fully saturated rings. The average Bonchev–Trinajstić information content (AvgIpc) is 2.54. The number of likely N-dealkylation sites (tertiary alicyclic amines) is 1. The molecule has 0 saturated carbocycles. The third-order valence-electron chi connectivity index (χ3n) is 4.12. The summed E-state index contributed by atoms with van der Waals surface area (Å²) in [4.78, 5) is 24.9. The Balaban J connectivity index is 1.89. The highest BCUT2D eigenvalue weighted by Crippen LogP contribution is 2.21. The van der Waals surface area contributed by atoms with E-state index in [0.29, 0.717) is 18.0 Å². The molecule has 0 radical (unpaired) electrons. The molecule has 2 rings (SSSR count). The average molecular weight is 389 g/mol. The van der Waals surface area contributed by atoms with Crippen molar-refractivity contribution in [3.63, 3.8) is 0 Å². The Hall–Kier alpha value is -1.80. The number of benzene rings is 1. The van der Waals surface area contributed by atoms with Crippen LogP contribution in [0.25, 0.3) is 0 Å². The van der Waals surface area contributed by atoms with Crippen molar-refractivity contribution in [1.29, 1.82) is 0 Å². The zero-order valence-electron chi connectivity index (χ0n) is 13.8. The van der Waals surface area contributed by atoms with E-state index >= 15 is 0 Å². The number of carboxylic acids is 1. The van der Waals surface area contributed by atoms with Crippen LogP contribution in [0.2, 0.25) is 5.02 Å². The summed E-state index contributed by atoms with van der Waals surface area (Å²) in [5.74, 6) is -1.67. The topological polar surface area (TPSA) is 104 Å². The molecule has 0 aliphatic carbocycles. The van der Waals surface area contributed by atoms with Gasteiger partial charge < -0.3 is 15.3 Å². The molecular formula is C16H21ClN2O5S. The second kappa shape index (κ2) is 8.05. The van der Waals surface area contributed by atoms with Crippen LogP contribution in [-0.4, -0.2) is 55.8 Å². The molecule has 2 N–H and O–H groups in total. The van der Waals surface area contributed by atoms with Gasteiger partial charge in [0.25, 0.3) is 0 Å². The number of carbonyl (C=O) groups excluding carboxylic acids is 1. The lowest BCUT2D eigenvalue weighted by Crippen LogP contribution is -2.50. The summed E-state index contributed by atoms with van der Waals surface area (Å²) in [5.41, 5.74) is 0. The van der Waals surface area contributed by atoms with Gasteiger partial charge in [0.05, 0.1) is 16.6 Å².